The van der Waals surface area contributed by atoms with Gasteiger partial charge in [-0.15, -0.1) is 0 Å². The molecule has 0 bridgehead atoms. The summed E-state index contributed by atoms with van der Waals surface area (Å²) in [5.41, 5.74) is 0. The highest BCUT2D eigenvalue weighted by atomic mass is 16.6. The van der Waals surface area contributed by atoms with Gasteiger partial charge in [0.15, 0.2) is 6.10 Å². The van der Waals surface area contributed by atoms with E-state index in [0.717, 1.165) is 122 Å². The molecule has 6 heteroatoms. The van der Waals surface area contributed by atoms with Gasteiger partial charge in [-0.2, -0.15) is 0 Å². The summed E-state index contributed by atoms with van der Waals surface area (Å²) in [5, 5.41) is 0. The van der Waals surface area contributed by atoms with Crippen LogP contribution in [0.15, 0.2) is 85.1 Å². The molecule has 1 unspecified atom stereocenters. The minimum Gasteiger partial charge on any atom is -0.462 e. The zero-order valence-electron chi connectivity index (χ0n) is 46.7. The fourth-order valence-electron chi connectivity index (χ4n) is 8.34. The molecule has 0 N–H and O–H groups in total. The molecule has 0 aromatic rings. The van der Waals surface area contributed by atoms with Crippen molar-refractivity contribution in [2.45, 2.75) is 297 Å². The molecule has 0 spiro atoms. The highest BCUT2D eigenvalue weighted by molar-refractivity contribution is 5.71. The van der Waals surface area contributed by atoms with E-state index in [0.29, 0.717) is 19.3 Å². The van der Waals surface area contributed by atoms with Gasteiger partial charge in [-0.05, 0) is 116 Å². The van der Waals surface area contributed by atoms with Crippen LogP contribution < -0.4 is 0 Å². The van der Waals surface area contributed by atoms with E-state index in [1.54, 1.807) is 0 Å². The van der Waals surface area contributed by atoms with Crippen molar-refractivity contribution < 1.29 is 28.6 Å². The first-order chi connectivity index (χ1) is 35.0. The maximum atomic E-state index is 12.9. The first-order valence-corrected chi connectivity index (χ1v) is 30.1. The van der Waals surface area contributed by atoms with Crippen LogP contribution >= 0.6 is 0 Å². The van der Waals surface area contributed by atoms with Gasteiger partial charge in [-0.3, -0.25) is 14.4 Å². The van der Waals surface area contributed by atoms with Crippen molar-refractivity contribution >= 4 is 17.9 Å². The maximum Gasteiger partial charge on any atom is 0.306 e. The fourth-order valence-corrected chi connectivity index (χ4v) is 8.34. The summed E-state index contributed by atoms with van der Waals surface area (Å²) in [6.45, 7) is 6.50. The van der Waals surface area contributed by atoms with Crippen LogP contribution in [-0.4, -0.2) is 37.2 Å². The van der Waals surface area contributed by atoms with Crippen LogP contribution in [0.1, 0.15) is 290 Å². The monoisotopic (exact) mass is 989 g/mol. The third-order valence-corrected chi connectivity index (χ3v) is 12.9. The first-order valence-electron chi connectivity index (χ1n) is 30.1. The normalized spacial score (nSPS) is 12.7. The fraction of sp³-hybridized carbons (Fsp3) is 0.738. The number of allylic oxidation sites excluding steroid dienone is 14. The first kappa shape index (κ1) is 67.6. The Morgan fingerprint density at radius 2 is 0.549 bits per heavy atom. The van der Waals surface area contributed by atoms with Gasteiger partial charge in [0.1, 0.15) is 13.2 Å². The van der Waals surface area contributed by atoms with Crippen molar-refractivity contribution in [1.29, 1.82) is 0 Å². The van der Waals surface area contributed by atoms with Gasteiger partial charge in [0, 0.05) is 19.3 Å². The van der Waals surface area contributed by atoms with Crippen molar-refractivity contribution in [3.8, 4) is 0 Å². The van der Waals surface area contributed by atoms with Gasteiger partial charge in [0.25, 0.3) is 0 Å². The van der Waals surface area contributed by atoms with Gasteiger partial charge in [0.05, 0.1) is 0 Å². The molecule has 0 aliphatic carbocycles. The summed E-state index contributed by atoms with van der Waals surface area (Å²) in [7, 11) is 0. The summed E-state index contributed by atoms with van der Waals surface area (Å²) >= 11 is 0. The highest BCUT2D eigenvalue weighted by Crippen LogP contribution is 2.15. The van der Waals surface area contributed by atoms with Crippen LogP contribution in [0.2, 0.25) is 0 Å². The lowest BCUT2D eigenvalue weighted by Gasteiger charge is -2.18. The molecule has 408 valence electrons. The van der Waals surface area contributed by atoms with E-state index in [-0.39, 0.29) is 31.1 Å². The van der Waals surface area contributed by atoms with Crippen molar-refractivity contribution in [2.24, 2.45) is 0 Å². The average molecular weight is 990 g/mol. The minimum atomic E-state index is -0.793. The van der Waals surface area contributed by atoms with E-state index in [2.05, 4.69) is 106 Å². The number of rotatable bonds is 54. The second-order valence-corrected chi connectivity index (χ2v) is 19.9. The standard InChI is InChI=1S/C65H112O6/c1-4-7-10-13-16-19-22-25-28-29-30-31-32-33-34-35-38-40-43-46-49-52-55-58-64(67)70-61-62(71-65(68)59-56-53-50-47-44-41-37-27-24-21-18-15-12-9-6-3)60-69-63(66)57-54-51-48-45-42-39-36-26-23-20-17-14-11-8-5-2/h9,12,18,21-22,25-27,29-30,32-33,36-37,62H,4-8,10-11,13-17,19-20,23-24,28,31,34-35,38-61H2,1-3H3/b12-9-,21-18-,25-22-,30-29-,33-32-,36-26-,37-27-. The smallest absolute Gasteiger partial charge is 0.306 e. The Morgan fingerprint density at radius 1 is 0.296 bits per heavy atom. The van der Waals surface area contributed by atoms with Crippen LogP contribution in [0.4, 0.5) is 0 Å². The molecule has 71 heavy (non-hydrogen) atoms. The van der Waals surface area contributed by atoms with Gasteiger partial charge >= 0.3 is 17.9 Å². The predicted octanol–water partition coefficient (Wildman–Crippen LogP) is 20.3. The molecule has 0 fully saturated rings. The lowest BCUT2D eigenvalue weighted by atomic mass is 10.1. The number of ether oxygens (including phenoxy) is 3. The molecular weight excluding hydrogens is 877 g/mol. The lowest BCUT2D eigenvalue weighted by Crippen LogP contribution is -2.30. The zero-order chi connectivity index (χ0) is 51.4. The molecule has 0 aliphatic rings. The van der Waals surface area contributed by atoms with Crippen molar-refractivity contribution in [3.05, 3.63) is 85.1 Å². The van der Waals surface area contributed by atoms with Gasteiger partial charge < -0.3 is 14.2 Å². The Balaban J connectivity index is 4.38. The Kier molecular flexibility index (Phi) is 56.3. The SMILES string of the molecule is CC/C=C\C/C=C\C/C=C\CCCCCCCC(=O)OC(COC(=O)CCCCCCC/C=C\CCCCCCCC)COC(=O)CCCCCCCCCC/C=C\C/C=C\C/C=C\CCCCCCC. The quantitative estimate of drug-likeness (QED) is 0.0261. The Bertz CT molecular complexity index is 1370. The summed E-state index contributed by atoms with van der Waals surface area (Å²) < 4.78 is 16.9. The topological polar surface area (TPSA) is 78.9 Å². The van der Waals surface area contributed by atoms with E-state index >= 15 is 0 Å². The third-order valence-electron chi connectivity index (χ3n) is 12.9. The van der Waals surface area contributed by atoms with E-state index in [9.17, 15) is 14.4 Å². The minimum absolute atomic E-state index is 0.0900. The molecule has 0 aromatic carbocycles. The molecule has 1 atom stereocenters. The summed E-state index contributed by atoms with van der Waals surface area (Å²) in [5.74, 6) is -0.915. The molecule has 0 amide bonds. The molecule has 0 saturated heterocycles. The largest absolute Gasteiger partial charge is 0.462 e. The molecule has 0 saturated carbocycles. The molecule has 0 aliphatic heterocycles. The molecule has 6 nitrogen and oxygen atoms in total. The molecule has 0 rings (SSSR count). The van der Waals surface area contributed by atoms with Crippen molar-refractivity contribution in [2.75, 3.05) is 13.2 Å². The van der Waals surface area contributed by atoms with Gasteiger partial charge in [-0.25, -0.2) is 0 Å². The highest BCUT2D eigenvalue weighted by Gasteiger charge is 2.19. The Hall–Kier alpha value is -3.41. The van der Waals surface area contributed by atoms with Crippen LogP contribution in [-0.2, 0) is 28.6 Å². The molecule has 0 radical (unpaired) electrons. The molecule has 0 aromatic heterocycles. The van der Waals surface area contributed by atoms with Gasteiger partial charge in [0.2, 0.25) is 0 Å². The van der Waals surface area contributed by atoms with Crippen LogP contribution in [0.5, 0.6) is 0 Å². The third kappa shape index (κ3) is 57.4. The second kappa shape index (κ2) is 59.2. The number of unbranched alkanes of at least 4 members (excludes halogenated alkanes) is 29. The van der Waals surface area contributed by atoms with E-state index in [4.69, 9.17) is 14.2 Å². The number of esters is 3. The van der Waals surface area contributed by atoms with E-state index in [1.807, 2.05) is 0 Å². The summed E-state index contributed by atoms with van der Waals surface area (Å²) in [6, 6.07) is 0. The number of carbonyl (C=O) groups excluding carboxylic acids is 3. The van der Waals surface area contributed by atoms with Crippen LogP contribution in [0.3, 0.4) is 0 Å². The van der Waals surface area contributed by atoms with Crippen LogP contribution in [0, 0.1) is 0 Å². The molecular formula is C65H112O6. The second-order valence-electron chi connectivity index (χ2n) is 19.9. The zero-order valence-corrected chi connectivity index (χ0v) is 46.7. The Labute approximate surface area is 439 Å². The van der Waals surface area contributed by atoms with Crippen molar-refractivity contribution in [1.82, 2.24) is 0 Å². The number of hydrogen-bond donors (Lipinski definition) is 0. The number of hydrogen-bond acceptors (Lipinski definition) is 6. The summed E-state index contributed by atoms with van der Waals surface area (Å²) in [6.07, 6.45) is 77.2. The lowest BCUT2D eigenvalue weighted by molar-refractivity contribution is -0.167. The van der Waals surface area contributed by atoms with E-state index < -0.39 is 6.10 Å². The summed E-state index contributed by atoms with van der Waals surface area (Å²) in [4.78, 5) is 38.2. The van der Waals surface area contributed by atoms with Crippen LogP contribution in [0.25, 0.3) is 0 Å². The predicted molar refractivity (Wildman–Crippen MR) is 307 cm³/mol. The maximum absolute atomic E-state index is 12.9. The average Bonchev–Trinajstić information content (AvgIpc) is 3.37. The Morgan fingerprint density at radius 3 is 0.873 bits per heavy atom. The number of carbonyl (C=O) groups is 3. The van der Waals surface area contributed by atoms with Gasteiger partial charge in [-0.1, -0.05) is 241 Å². The van der Waals surface area contributed by atoms with Crippen molar-refractivity contribution in [3.63, 3.8) is 0 Å². The molecule has 0 heterocycles. The van der Waals surface area contributed by atoms with E-state index in [1.165, 1.54) is 128 Å².